The zero-order valence-corrected chi connectivity index (χ0v) is 33.0. The standard InChI is InChI=1S/C34H46FN3O6.C2H6.K/c1-22(2)38(30-21-37(33(41)44-34(3,4)5)15-14-26(30)23-10-8-11-25(39)18-23)32(40)29-20-31(43-17-9-16-42-7)27-19-24(35)12-13-28(27)36(29)6;1-2;/h8,10-13,18-20,22,26,28,30,39H,9,14-17,21H2,1-7H3;1-2H3;/q;;+1/p-1/t26-,28?,30+;;/m1../s1. The summed E-state index contributed by atoms with van der Waals surface area (Å²) in [5.74, 6) is -0.494. The van der Waals surface area contributed by atoms with E-state index in [2.05, 4.69) is 0 Å². The first kappa shape index (κ1) is 41.0. The van der Waals surface area contributed by atoms with Crippen molar-refractivity contribution >= 4 is 12.0 Å². The third kappa shape index (κ3) is 10.7. The van der Waals surface area contributed by atoms with Crippen molar-refractivity contribution in [3.05, 3.63) is 77.0 Å². The summed E-state index contributed by atoms with van der Waals surface area (Å²) in [6.45, 7) is 14.9. The number of amides is 2. The van der Waals surface area contributed by atoms with E-state index >= 15 is 0 Å². The van der Waals surface area contributed by atoms with Gasteiger partial charge in [-0.15, -0.1) is 5.75 Å². The zero-order valence-electron chi connectivity index (χ0n) is 29.8. The largest absolute Gasteiger partial charge is 1.00 e. The Morgan fingerprint density at radius 3 is 2.47 bits per heavy atom. The number of nitrogens with zero attached hydrogens (tertiary/aromatic N) is 3. The third-order valence-electron chi connectivity index (χ3n) is 8.04. The van der Waals surface area contributed by atoms with Crippen LogP contribution in [-0.2, 0) is 19.0 Å². The molecule has 47 heavy (non-hydrogen) atoms. The van der Waals surface area contributed by atoms with E-state index in [-0.39, 0.29) is 87.4 Å². The minimum atomic E-state index is -0.672. The first-order valence-corrected chi connectivity index (χ1v) is 16.2. The zero-order chi connectivity index (χ0) is 34.2. The predicted octanol–water partition coefficient (Wildman–Crippen LogP) is 3.05. The number of piperidine rings is 1. The molecular weight excluding hydrogens is 629 g/mol. The maximum absolute atomic E-state index is 14.7. The Labute approximate surface area is 322 Å². The summed E-state index contributed by atoms with van der Waals surface area (Å²) in [5.41, 5.74) is 1.18. The summed E-state index contributed by atoms with van der Waals surface area (Å²) in [7, 11) is 3.42. The molecule has 0 radical (unpaired) electrons. The molecule has 1 unspecified atom stereocenters. The number of allylic oxidation sites excluding steroid dienone is 3. The molecule has 4 rings (SSSR count). The van der Waals surface area contributed by atoms with Crippen LogP contribution in [0.3, 0.4) is 0 Å². The Kier molecular flexibility index (Phi) is 16.2. The number of halogens is 1. The number of ether oxygens (including phenoxy) is 3. The van der Waals surface area contributed by atoms with Crippen LogP contribution in [-0.4, -0.2) is 90.9 Å². The summed E-state index contributed by atoms with van der Waals surface area (Å²) in [6.07, 6.45) is 6.98. The van der Waals surface area contributed by atoms with E-state index in [1.54, 1.807) is 41.2 Å². The van der Waals surface area contributed by atoms with E-state index in [0.717, 1.165) is 5.56 Å². The number of hydrogen-bond donors (Lipinski definition) is 0. The van der Waals surface area contributed by atoms with Gasteiger partial charge in [-0.2, -0.15) is 0 Å². The molecule has 0 spiro atoms. The molecular formula is C36H51FKN3O6. The predicted molar refractivity (Wildman–Crippen MR) is 176 cm³/mol. The second-order valence-corrected chi connectivity index (χ2v) is 12.8. The Bertz CT molecular complexity index is 1350. The van der Waals surface area contributed by atoms with Crippen molar-refractivity contribution in [2.24, 2.45) is 0 Å². The van der Waals surface area contributed by atoms with Gasteiger partial charge in [-0.25, -0.2) is 9.18 Å². The minimum Gasteiger partial charge on any atom is -0.872 e. The number of likely N-dealkylation sites (N-methyl/N-ethyl adjacent to an activating group) is 1. The Morgan fingerprint density at radius 1 is 1.15 bits per heavy atom. The molecule has 0 saturated carbocycles. The van der Waals surface area contributed by atoms with E-state index < -0.39 is 23.8 Å². The van der Waals surface area contributed by atoms with Gasteiger partial charge in [0.1, 0.15) is 22.9 Å². The first-order valence-electron chi connectivity index (χ1n) is 16.2. The molecule has 1 aromatic carbocycles. The molecule has 3 aliphatic rings. The van der Waals surface area contributed by atoms with Gasteiger partial charge in [0.15, 0.2) is 0 Å². The van der Waals surface area contributed by atoms with Crippen LogP contribution in [0.4, 0.5) is 9.18 Å². The van der Waals surface area contributed by atoms with Crippen LogP contribution in [0.15, 0.2) is 71.4 Å². The Morgan fingerprint density at radius 2 is 1.85 bits per heavy atom. The van der Waals surface area contributed by atoms with E-state index in [9.17, 15) is 19.1 Å². The quantitative estimate of drug-likeness (QED) is 0.293. The van der Waals surface area contributed by atoms with Crippen LogP contribution in [0.25, 0.3) is 0 Å². The van der Waals surface area contributed by atoms with Crippen molar-refractivity contribution in [3.8, 4) is 5.75 Å². The molecule has 1 fully saturated rings. The molecule has 2 aliphatic heterocycles. The van der Waals surface area contributed by atoms with Crippen LogP contribution < -0.4 is 56.5 Å². The summed E-state index contributed by atoms with van der Waals surface area (Å²) >= 11 is 0. The molecule has 2 amide bonds. The van der Waals surface area contributed by atoms with Gasteiger partial charge in [0, 0.05) is 63.9 Å². The molecule has 1 saturated heterocycles. The van der Waals surface area contributed by atoms with Gasteiger partial charge < -0.3 is 34.0 Å². The topological polar surface area (TPSA) is 94.6 Å². The fraction of sp³-hybridized carbons (Fsp3) is 0.556. The van der Waals surface area contributed by atoms with Gasteiger partial charge in [-0.05, 0) is 58.8 Å². The number of likely N-dealkylation sites (tertiary alicyclic amines) is 1. The Hall–Kier alpha value is -2.15. The molecule has 0 aromatic heterocycles. The minimum absolute atomic E-state index is 0. The van der Waals surface area contributed by atoms with Crippen molar-refractivity contribution in [3.63, 3.8) is 0 Å². The fourth-order valence-corrected chi connectivity index (χ4v) is 6.05. The number of carbonyl (C=O) groups excluding carboxylic acids is 2. The monoisotopic (exact) mass is 679 g/mol. The maximum Gasteiger partial charge on any atom is 1.00 e. The van der Waals surface area contributed by atoms with Crippen molar-refractivity contribution < 1.29 is 84.7 Å². The van der Waals surface area contributed by atoms with Crippen LogP contribution >= 0.6 is 0 Å². The van der Waals surface area contributed by atoms with Crippen LogP contribution in [0.5, 0.6) is 5.75 Å². The molecule has 9 nitrogen and oxygen atoms in total. The second kappa shape index (κ2) is 18.6. The fourth-order valence-electron chi connectivity index (χ4n) is 6.05. The summed E-state index contributed by atoms with van der Waals surface area (Å²) in [6, 6.07) is 5.66. The number of hydrogen-bond acceptors (Lipinski definition) is 7. The van der Waals surface area contributed by atoms with Gasteiger partial charge >= 0.3 is 57.5 Å². The average molecular weight is 680 g/mol. The van der Waals surface area contributed by atoms with E-state index in [1.807, 2.05) is 66.5 Å². The van der Waals surface area contributed by atoms with Crippen molar-refractivity contribution in [2.75, 3.05) is 40.5 Å². The molecule has 3 atom stereocenters. The van der Waals surface area contributed by atoms with Crippen molar-refractivity contribution in [1.29, 1.82) is 0 Å². The summed E-state index contributed by atoms with van der Waals surface area (Å²) in [4.78, 5) is 33.1. The van der Waals surface area contributed by atoms with Gasteiger partial charge in [-0.1, -0.05) is 44.2 Å². The molecule has 11 heteroatoms. The maximum atomic E-state index is 14.7. The number of rotatable bonds is 9. The van der Waals surface area contributed by atoms with Crippen molar-refractivity contribution in [1.82, 2.24) is 14.7 Å². The smallest absolute Gasteiger partial charge is 0.872 e. The van der Waals surface area contributed by atoms with Gasteiger partial charge in [0.2, 0.25) is 0 Å². The van der Waals surface area contributed by atoms with Gasteiger partial charge in [-0.3, -0.25) is 4.79 Å². The summed E-state index contributed by atoms with van der Waals surface area (Å²) < 4.78 is 31.3. The Balaban J connectivity index is 0.00000251. The average Bonchev–Trinajstić information content (AvgIpc) is 3.00. The van der Waals surface area contributed by atoms with E-state index in [0.29, 0.717) is 49.6 Å². The third-order valence-corrected chi connectivity index (χ3v) is 8.04. The van der Waals surface area contributed by atoms with E-state index in [1.165, 1.54) is 18.2 Å². The number of carbonyl (C=O) groups is 2. The molecule has 1 aromatic rings. The first-order chi connectivity index (χ1) is 21.8. The number of benzene rings is 1. The molecule has 0 bridgehead atoms. The molecule has 1 aliphatic carbocycles. The van der Waals surface area contributed by atoms with Crippen LogP contribution in [0.1, 0.15) is 72.8 Å². The number of methoxy groups -OCH3 is 1. The van der Waals surface area contributed by atoms with E-state index in [4.69, 9.17) is 14.2 Å². The van der Waals surface area contributed by atoms with Crippen LogP contribution in [0.2, 0.25) is 0 Å². The van der Waals surface area contributed by atoms with Gasteiger partial charge in [0.05, 0.1) is 18.7 Å². The normalized spacial score (nSPS) is 20.7. The van der Waals surface area contributed by atoms with Gasteiger partial charge in [0.25, 0.3) is 5.91 Å². The molecule has 254 valence electrons. The number of fused-ring (bicyclic) bond motifs is 1. The molecule has 2 heterocycles. The second-order valence-electron chi connectivity index (χ2n) is 12.8. The van der Waals surface area contributed by atoms with Crippen LogP contribution in [0, 0.1) is 0 Å². The molecule has 0 N–H and O–H groups in total. The summed E-state index contributed by atoms with van der Waals surface area (Å²) in [5, 5.41) is 12.4. The van der Waals surface area contributed by atoms with Crippen molar-refractivity contribution in [2.45, 2.75) is 91.0 Å². The SMILES string of the molecule is CC.COCCCOC1=C2C=C(F)C=CC2N(C)C(C(=O)N(C(C)C)[C@H]2CN(C(=O)OC(C)(C)C)CC[C@@H]2c2cccc([O-])c2)=C1.[K+].